The third kappa shape index (κ3) is 1.60. The normalized spacial score (nSPS) is 56.6. The molecule has 1 N–H and O–H groups in total. The molecule has 2 heteroatoms. The van der Waals surface area contributed by atoms with E-state index in [0.717, 1.165) is 12.8 Å². The standard InChI is InChI=1S/C15H26O2/c1-9-7-12(16)13-11(9)8-10-5-6-15(13,4)17-14(10,2)3/h9-13,16H,5-8H2,1-4H3/t9-,10-,11+,12-,13+,15+/m1/s1. The SMILES string of the molecule is C[C@@H]1C[C@@H](O)[C@@H]2[C@H]1C[C@H]1CC[C@]2(C)OC1(C)C. The molecule has 0 radical (unpaired) electrons. The Morgan fingerprint density at radius 1 is 1.18 bits per heavy atom. The topological polar surface area (TPSA) is 29.5 Å². The maximum atomic E-state index is 10.4. The zero-order valence-corrected chi connectivity index (χ0v) is 11.6. The van der Waals surface area contributed by atoms with Crippen molar-refractivity contribution in [3.8, 4) is 0 Å². The highest BCUT2D eigenvalue weighted by molar-refractivity contribution is 5.08. The Morgan fingerprint density at radius 3 is 2.53 bits per heavy atom. The smallest absolute Gasteiger partial charge is 0.0717 e. The second-order valence-electron chi connectivity index (χ2n) is 7.46. The van der Waals surface area contributed by atoms with E-state index >= 15 is 0 Å². The Balaban J connectivity index is 2.01. The number of hydrogen-bond donors (Lipinski definition) is 1. The summed E-state index contributed by atoms with van der Waals surface area (Å²) < 4.78 is 6.46. The first-order chi connectivity index (χ1) is 7.83. The number of hydrogen-bond acceptors (Lipinski definition) is 2. The van der Waals surface area contributed by atoms with Gasteiger partial charge in [0, 0.05) is 5.92 Å². The molecule has 2 aliphatic carbocycles. The highest BCUT2D eigenvalue weighted by Gasteiger charge is 2.59. The van der Waals surface area contributed by atoms with Crippen molar-refractivity contribution in [3.63, 3.8) is 0 Å². The zero-order chi connectivity index (χ0) is 12.4. The van der Waals surface area contributed by atoms with Gasteiger partial charge in [-0.15, -0.1) is 0 Å². The maximum Gasteiger partial charge on any atom is 0.0717 e. The van der Waals surface area contributed by atoms with Crippen LogP contribution >= 0.6 is 0 Å². The van der Waals surface area contributed by atoms with E-state index < -0.39 is 0 Å². The van der Waals surface area contributed by atoms with Gasteiger partial charge in [-0.3, -0.25) is 0 Å². The fourth-order valence-electron chi connectivity index (χ4n) is 5.09. The molecule has 2 heterocycles. The van der Waals surface area contributed by atoms with Gasteiger partial charge in [0.25, 0.3) is 0 Å². The van der Waals surface area contributed by atoms with Crippen molar-refractivity contribution < 1.29 is 9.84 Å². The molecule has 0 unspecified atom stereocenters. The van der Waals surface area contributed by atoms with Gasteiger partial charge in [0.05, 0.1) is 17.3 Å². The van der Waals surface area contributed by atoms with Crippen LogP contribution in [0, 0.1) is 23.7 Å². The Bertz CT molecular complexity index is 325. The predicted molar refractivity (Wildman–Crippen MR) is 67.7 cm³/mol. The minimum atomic E-state index is -0.146. The molecule has 2 nitrogen and oxygen atoms in total. The van der Waals surface area contributed by atoms with E-state index in [2.05, 4.69) is 27.7 Å². The molecule has 0 spiro atoms. The van der Waals surface area contributed by atoms with Crippen LogP contribution < -0.4 is 0 Å². The molecule has 6 atom stereocenters. The van der Waals surface area contributed by atoms with Crippen molar-refractivity contribution in [1.29, 1.82) is 0 Å². The summed E-state index contributed by atoms with van der Waals surface area (Å²) in [6.45, 7) is 9.05. The highest BCUT2D eigenvalue weighted by atomic mass is 16.5. The largest absolute Gasteiger partial charge is 0.393 e. The summed E-state index contributed by atoms with van der Waals surface area (Å²) >= 11 is 0. The van der Waals surface area contributed by atoms with Crippen molar-refractivity contribution in [2.75, 3.05) is 0 Å². The van der Waals surface area contributed by atoms with Gasteiger partial charge < -0.3 is 9.84 Å². The first kappa shape index (κ1) is 12.0. The van der Waals surface area contributed by atoms with E-state index in [1.54, 1.807) is 0 Å². The van der Waals surface area contributed by atoms with Crippen LogP contribution in [0.4, 0.5) is 0 Å². The molecule has 0 aromatic carbocycles. The van der Waals surface area contributed by atoms with Gasteiger partial charge in [-0.25, -0.2) is 0 Å². The minimum Gasteiger partial charge on any atom is -0.393 e. The lowest BCUT2D eigenvalue weighted by Crippen LogP contribution is -2.51. The van der Waals surface area contributed by atoms with Crippen LogP contribution in [0.3, 0.4) is 0 Å². The molecule has 2 bridgehead atoms. The fourth-order valence-corrected chi connectivity index (χ4v) is 5.09. The van der Waals surface area contributed by atoms with Gasteiger partial charge in [0.2, 0.25) is 0 Å². The van der Waals surface area contributed by atoms with E-state index in [4.69, 9.17) is 4.74 Å². The Kier molecular flexibility index (Phi) is 2.45. The second-order valence-corrected chi connectivity index (χ2v) is 7.46. The van der Waals surface area contributed by atoms with Gasteiger partial charge in [-0.2, -0.15) is 0 Å². The van der Waals surface area contributed by atoms with Crippen molar-refractivity contribution in [2.24, 2.45) is 23.7 Å². The van der Waals surface area contributed by atoms with Gasteiger partial charge in [-0.05, 0) is 64.2 Å². The number of aliphatic hydroxyl groups is 1. The van der Waals surface area contributed by atoms with E-state index in [1.807, 2.05) is 0 Å². The van der Waals surface area contributed by atoms with Crippen LogP contribution in [0.2, 0.25) is 0 Å². The molecule has 2 aliphatic heterocycles. The average molecular weight is 238 g/mol. The van der Waals surface area contributed by atoms with Gasteiger partial charge in [0.1, 0.15) is 0 Å². The van der Waals surface area contributed by atoms with Gasteiger partial charge >= 0.3 is 0 Å². The van der Waals surface area contributed by atoms with E-state index in [1.165, 1.54) is 12.8 Å². The van der Waals surface area contributed by atoms with Crippen molar-refractivity contribution in [2.45, 2.75) is 70.7 Å². The number of ether oxygens (including phenoxy) is 1. The van der Waals surface area contributed by atoms with Gasteiger partial charge in [-0.1, -0.05) is 6.92 Å². The maximum absolute atomic E-state index is 10.4. The summed E-state index contributed by atoms with van der Waals surface area (Å²) in [6, 6.07) is 0. The first-order valence-corrected chi connectivity index (χ1v) is 7.22. The van der Waals surface area contributed by atoms with E-state index in [0.29, 0.717) is 23.7 Å². The number of aliphatic hydroxyl groups excluding tert-OH is 1. The monoisotopic (exact) mass is 238 g/mol. The predicted octanol–water partition coefficient (Wildman–Crippen LogP) is 2.99. The van der Waals surface area contributed by atoms with Crippen LogP contribution in [-0.2, 0) is 4.74 Å². The Labute approximate surface area is 105 Å². The summed E-state index contributed by atoms with van der Waals surface area (Å²) in [4.78, 5) is 0. The molecule has 98 valence electrons. The van der Waals surface area contributed by atoms with Gasteiger partial charge in [0.15, 0.2) is 0 Å². The number of fused-ring (bicyclic) bond motifs is 2. The molecule has 0 aromatic rings. The second kappa shape index (κ2) is 3.48. The molecule has 2 saturated carbocycles. The summed E-state index contributed by atoms with van der Waals surface area (Å²) in [7, 11) is 0. The summed E-state index contributed by atoms with van der Waals surface area (Å²) in [5.74, 6) is 2.37. The Morgan fingerprint density at radius 2 is 1.88 bits per heavy atom. The van der Waals surface area contributed by atoms with E-state index in [9.17, 15) is 5.11 Å². The third-order valence-electron chi connectivity index (χ3n) is 5.95. The molecule has 0 aromatic heterocycles. The minimum absolute atomic E-state index is 0.00319. The third-order valence-corrected chi connectivity index (χ3v) is 5.95. The molecule has 4 fully saturated rings. The van der Waals surface area contributed by atoms with Crippen LogP contribution in [-0.4, -0.2) is 22.4 Å². The lowest BCUT2D eigenvalue weighted by Gasteiger charge is -2.48. The van der Waals surface area contributed by atoms with Crippen LogP contribution in [0.25, 0.3) is 0 Å². The molecule has 0 amide bonds. The van der Waals surface area contributed by atoms with Crippen LogP contribution in [0.15, 0.2) is 0 Å². The molecular formula is C15H26O2. The molecular weight excluding hydrogens is 212 g/mol. The molecule has 17 heavy (non-hydrogen) atoms. The van der Waals surface area contributed by atoms with Crippen LogP contribution in [0.1, 0.15) is 53.4 Å². The summed E-state index contributed by atoms with van der Waals surface area (Å²) in [6.07, 6.45) is 4.49. The lowest BCUT2D eigenvalue weighted by atomic mass is 9.77. The lowest BCUT2D eigenvalue weighted by molar-refractivity contribution is -0.209. The molecule has 2 saturated heterocycles. The first-order valence-electron chi connectivity index (χ1n) is 7.22. The average Bonchev–Trinajstić information content (AvgIpc) is 2.36. The van der Waals surface area contributed by atoms with Crippen LogP contribution in [0.5, 0.6) is 0 Å². The van der Waals surface area contributed by atoms with Crippen molar-refractivity contribution in [1.82, 2.24) is 0 Å². The zero-order valence-electron chi connectivity index (χ0n) is 11.6. The quantitative estimate of drug-likeness (QED) is 0.703. The summed E-state index contributed by atoms with van der Waals surface area (Å²) in [5, 5.41) is 10.4. The fraction of sp³-hybridized carbons (Fsp3) is 1.00. The van der Waals surface area contributed by atoms with Crippen molar-refractivity contribution in [3.05, 3.63) is 0 Å². The van der Waals surface area contributed by atoms with E-state index in [-0.39, 0.29) is 17.3 Å². The van der Waals surface area contributed by atoms with Crippen molar-refractivity contribution >= 4 is 0 Å². The highest BCUT2D eigenvalue weighted by Crippen LogP contribution is 2.58. The number of rotatable bonds is 0. The molecule has 4 rings (SSSR count). The Hall–Kier alpha value is -0.0800. The molecule has 4 aliphatic rings. The summed E-state index contributed by atoms with van der Waals surface area (Å²) in [5.41, 5.74) is -0.0951.